The highest BCUT2D eigenvalue weighted by Crippen LogP contribution is 2.26. The Morgan fingerprint density at radius 1 is 1.17 bits per heavy atom. The summed E-state index contributed by atoms with van der Waals surface area (Å²) in [4.78, 5) is 19.6. The standard InChI is InChI=1S/C23H20N4O2/c1-15-11-19(7-8-22(28)29)12-16(2)23(15)27-20-9-10-25-21(26-20)13-17-3-5-18(14-24)6-4-17/h3-12H,13H2,1-2H3,(H,28,29)(H,25,26,27)/b8-7+. The molecular formula is C23H20N4O2. The maximum atomic E-state index is 10.7. The van der Waals surface area contributed by atoms with Crippen molar-refractivity contribution in [3.05, 3.63) is 88.4 Å². The number of nitrogens with zero attached hydrogens (tertiary/aromatic N) is 3. The van der Waals surface area contributed by atoms with E-state index in [1.54, 1.807) is 30.5 Å². The fourth-order valence-electron chi connectivity index (χ4n) is 3.02. The van der Waals surface area contributed by atoms with Crippen LogP contribution in [0.1, 0.15) is 33.6 Å². The molecule has 3 aromatic rings. The summed E-state index contributed by atoms with van der Waals surface area (Å²) in [5, 5.41) is 21.0. The average Bonchev–Trinajstić information content (AvgIpc) is 2.70. The van der Waals surface area contributed by atoms with Gasteiger partial charge in [0, 0.05) is 24.4 Å². The van der Waals surface area contributed by atoms with Gasteiger partial charge in [0.2, 0.25) is 0 Å². The molecule has 0 atom stereocenters. The normalized spacial score (nSPS) is 10.7. The summed E-state index contributed by atoms with van der Waals surface area (Å²) in [5.41, 5.74) is 5.39. The quantitative estimate of drug-likeness (QED) is 0.611. The molecule has 3 rings (SSSR count). The van der Waals surface area contributed by atoms with Crippen LogP contribution in [0.2, 0.25) is 0 Å². The number of anilines is 2. The molecule has 0 spiro atoms. The first kappa shape index (κ1) is 19.8. The highest BCUT2D eigenvalue weighted by atomic mass is 16.4. The Morgan fingerprint density at radius 2 is 1.86 bits per heavy atom. The van der Waals surface area contributed by atoms with E-state index in [2.05, 4.69) is 21.4 Å². The van der Waals surface area contributed by atoms with Crippen LogP contribution in [-0.2, 0) is 11.2 Å². The van der Waals surface area contributed by atoms with Crippen molar-refractivity contribution in [1.82, 2.24) is 9.97 Å². The molecule has 6 heteroatoms. The molecule has 144 valence electrons. The Kier molecular flexibility index (Phi) is 6.00. The van der Waals surface area contributed by atoms with E-state index in [1.807, 2.05) is 38.1 Å². The molecule has 2 N–H and O–H groups in total. The number of hydrogen-bond acceptors (Lipinski definition) is 5. The van der Waals surface area contributed by atoms with E-state index < -0.39 is 5.97 Å². The molecule has 0 aliphatic heterocycles. The molecule has 0 saturated carbocycles. The first-order valence-corrected chi connectivity index (χ1v) is 9.05. The third-order valence-electron chi connectivity index (χ3n) is 4.38. The predicted octanol–water partition coefficient (Wildman–Crippen LogP) is 4.40. The van der Waals surface area contributed by atoms with Gasteiger partial charge in [-0.1, -0.05) is 12.1 Å². The van der Waals surface area contributed by atoms with Gasteiger partial charge in [-0.25, -0.2) is 14.8 Å². The Morgan fingerprint density at radius 3 is 2.48 bits per heavy atom. The topological polar surface area (TPSA) is 98.9 Å². The van der Waals surface area contributed by atoms with Gasteiger partial charge in [0.25, 0.3) is 0 Å². The number of carboxylic acid groups (broad SMARTS) is 1. The molecule has 6 nitrogen and oxygen atoms in total. The lowest BCUT2D eigenvalue weighted by atomic mass is 10.0. The molecule has 0 radical (unpaired) electrons. The zero-order valence-electron chi connectivity index (χ0n) is 16.2. The molecule has 1 heterocycles. The van der Waals surface area contributed by atoms with Gasteiger partial charge in [-0.05, 0) is 72.5 Å². The molecule has 1 aromatic heterocycles. The zero-order chi connectivity index (χ0) is 20.8. The maximum absolute atomic E-state index is 10.7. The van der Waals surface area contributed by atoms with E-state index in [1.165, 1.54) is 0 Å². The van der Waals surface area contributed by atoms with Gasteiger partial charge in [-0.15, -0.1) is 0 Å². The Balaban J connectivity index is 1.79. The second kappa shape index (κ2) is 8.81. The third-order valence-corrected chi connectivity index (χ3v) is 4.38. The van der Waals surface area contributed by atoms with Crippen molar-refractivity contribution in [2.75, 3.05) is 5.32 Å². The summed E-state index contributed by atoms with van der Waals surface area (Å²) in [5.74, 6) is 0.387. The number of aliphatic carboxylic acids is 1. The Labute approximate surface area is 169 Å². The van der Waals surface area contributed by atoms with Gasteiger partial charge in [-0.3, -0.25) is 0 Å². The largest absolute Gasteiger partial charge is 0.478 e. The summed E-state index contributed by atoms with van der Waals surface area (Å²) in [6.07, 6.45) is 4.98. The molecule has 0 unspecified atom stereocenters. The minimum absolute atomic E-state index is 0.568. The highest BCUT2D eigenvalue weighted by Gasteiger charge is 2.07. The fraction of sp³-hybridized carbons (Fsp3) is 0.130. The first-order chi connectivity index (χ1) is 13.9. The van der Waals surface area contributed by atoms with E-state index in [9.17, 15) is 4.79 Å². The van der Waals surface area contributed by atoms with Gasteiger partial charge in [0.05, 0.1) is 11.6 Å². The molecule has 0 bridgehead atoms. The molecular weight excluding hydrogens is 364 g/mol. The Bertz CT molecular complexity index is 1090. The minimum atomic E-state index is -0.974. The summed E-state index contributed by atoms with van der Waals surface area (Å²) < 4.78 is 0. The number of carboxylic acids is 1. The lowest BCUT2D eigenvalue weighted by Gasteiger charge is -2.14. The third kappa shape index (κ3) is 5.27. The number of rotatable bonds is 6. The molecule has 0 aliphatic carbocycles. The van der Waals surface area contributed by atoms with Crippen LogP contribution in [0.4, 0.5) is 11.5 Å². The van der Waals surface area contributed by atoms with Crippen LogP contribution < -0.4 is 5.32 Å². The van der Waals surface area contributed by atoms with Crippen LogP contribution in [0.3, 0.4) is 0 Å². The second-order valence-corrected chi connectivity index (χ2v) is 6.67. The molecule has 0 aliphatic rings. The van der Waals surface area contributed by atoms with E-state index in [0.29, 0.717) is 23.6 Å². The number of aryl methyl sites for hydroxylation is 2. The first-order valence-electron chi connectivity index (χ1n) is 9.05. The van der Waals surface area contributed by atoms with Crippen LogP contribution in [0, 0.1) is 25.2 Å². The lowest BCUT2D eigenvalue weighted by molar-refractivity contribution is -0.131. The van der Waals surface area contributed by atoms with Gasteiger partial charge >= 0.3 is 5.97 Å². The van der Waals surface area contributed by atoms with Crippen LogP contribution in [0.15, 0.2) is 54.7 Å². The van der Waals surface area contributed by atoms with Crippen LogP contribution >= 0.6 is 0 Å². The average molecular weight is 384 g/mol. The molecule has 0 fully saturated rings. The van der Waals surface area contributed by atoms with Crippen LogP contribution in [0.5, 0.6) is 0 Å². The second-order valence-electron chi connectivity index (χ2n) is 6.67. The molecule has 0 saturated heterocycles. The van der Waals surface area contributed by atoms with Crippen molar-refractivity contribution in [3.63, 3.8) is 0 Å². The van der Waals surface area contributed by atoms with Crippen molar-refractivity contribution in [3.8, 4) is 6.07 Å². The van der Waals surface area contributed by atoms with Gasteiger partial charge in [0.15, 0.2) is 0 Å². The van der Waals surface area contributed by atoms with Crippen molar-refractivity contribution in [2.45, 2.75) is 20.3 Å². The summed E-state index contributed by atoms with van der Waals surface area (Å²) in [6.45, 7) is 3.93. The molecule has 0 amide bonds. The van der Waals surface area contributed by atoms with E-state index in [-0.39, 0.29) is 0 Å². The van der Waals surface area contributed by atoms with E-state index in [4.69, 9.17) is 10.4 Å². The minimum Gasteiger partial charge on any atom is -0.478 e. The number of nitrogens with one attached hydrogen (secondary N) is 1. The highest BCUT2D eigenvalue weighted by molar-refractivity contribution is 5.85. The number of benzene rings is 2. The Hall–Kier alpha value is -3.98. The number of hydrogen-bond donors (Lipinski definition) is 2. The SMILES string of the molecule is Cc1cc(/C=C/C(=O)O)cc(C)c1Nc1ccnc(Cc2ccc(C#N)cc2)n1. The van der Waals surface area contributed by atoms with Crippen molar-refractivity contribution < 1.29 is 9.90 Å². The van der Waals surface area contributed by atoms with Gasteiger partial charge in [-0.2, -0.15) is 5.26 Å². The van der Waals surface area contributed by atoms with Crippen molar-refractivity contribution >= 4 is 23.6 Å². The molecule has 2 aromatic carbocycles. The fourth-order valence-corrected chi connectivity index (χ4v) is 3.02. The maximum Gasteiger partial charge on any atom is 0.328 e. The lowest BCUT2D eigenvalue weighted by Crippen LogP contribution is -2.03. The summed E-state index contributed by atoms with van der Waals surface area (Å²) in [7, 11) is 0. The van der Waals surface area contributed by atoms with E-state index in [0.717, 1.165) is 34.0 Å². The monoisotopic (exact) mass is 384 g/mol. The summed E-state index contributed by atoms with van der Waals surface area (Å²) in [6, 6.07) is 15.1. The van der Waals surface area contributed by atoms with E-state index >= 15 is 0 Å². The smallest absolute Gasteiger partial charge is 0.328 e. The van der Waals surface area contributed by atoms with Gasteiger partial charge in [0.1, 0.15) is 11.6 Å². The van der Waals surface area contributed by atoms with Crippen LogP contribution in [0.25, 0.3) is 6.08 Å². The summed E-state index contributed by atoms with van der Waals surface area (Å²) >= 11 is 0. The number of carbonyl (C=O) groups is 1. The number of aromatic nitrogens is 2. The van der Waals surface area contributed by atoms with Crippen molar-refractivity contribution in [1.29, 1.82) is 5.26 Å². The molecule has 29 heavy (non-hydrogen) atoms. The van der Waals surface area contributed by atoms with Crippen molar-refractivity contribution in [2.24, 2.45) is 0 Å². The predicted molar refractivity (Wildman–Crippen MR) is 112 cm³/mol. The van der Waals surface area contributed by atoms with Gasteiger partial charge < -0.3 is 10.4 Å². The van der Waals surface area contributed by atoms with Crippen LogP contribution in [-0.4, -0.2) is 21.0 Å². The zero-order valence-corrected chi connectivity index (χ0v) is 16.2. The number of nitriles is 1.